The van der Waals surface area contributed by atoms with Gasteiger partial charge in [0.25, 0.3) is 0 Å². The molecule has 2 heterocycles. The van der Waals surface area contributed by atoms with Crippen molar-refractivity contribution in [1.29, 1.82) is 0 Å². The minimum atomic E-state index is -0.662. The van der Waals surface area contributed by atoms with Gasteiger partial charge in [-0.1, -0.05) is 110 Å². The van der Waals surface area contributed by atoms with Crippen LogP contribution in [-0.2, 0) is 43.2 Å². The van der Waals surface area contributed by atoms with E-state index in [1.54, 1.807) is 11.7 Å². The summed E-state index contributed by atoms with van der Waals surface area (Å²) in [5.41, 5.74) is 4.34. The van der Waals surface area contributed by atoms with Crippen LogP contribution in [0.1, 0.15) is 92.2 Å². The molecule has 2 N–H and O–H groups in total. The van der Waals surface area contributed by atoms with Crippen molar-refractivity contribution in [3.05, 3.63) is 106 Å². The maximum atomic E-state index is 13.7. The van der Waals surface area contributed by atoms with Gasteiger partial charge in [-0.2, -0.15) is 5.21 Å². The van der Waals surface area contributed by atoms with E-state index in [9.17, 15) is 14.4 Å². The fraction of sp³-hybridized carbons (Fsp3) is 0.444. The molecule has 1 aliphatic rings. The number of benzene rings is 3. The molecule has 15 heteroatoms. The highest BCUT2D eigenvalue weighted by atomic mass is 35.5. The molecule has 0 bridgehead atoms. The number of aryl methyl sites for hydroxylation is 2. The first-order valence-electron chi connectivity index (χ1n) is 20.7. The maximum absolute atomic E-state index is 13.7. The zero-order valence-electron chi connectivity index (χ0n) is 34.3. The summed E-state index contributed by atoms with van der Waals surface area (Å²) in [5, 5.41) is 18.4. The highest BCUT2D eigenvalue weighted by Gasteiger charge is 2.44. The SMILES string of the molecule is CCCCc1nc(Cl)c(C(=O)OCCOC(=O)C(CCOC)CC2(C(=O)NCCCc3ccc(Cl)cc3)CCCC2)n1Cc1ccc(-c2ccccc2-c2nn[nH]n2)cc1. The van der Waals surface area contributed by atoms with E-state index < -0.39 is 23.3 Å². The Labute approximate surface area is 360 Å². The van der Waals surface area contributed by atoms with E-state index in [-0.39, 0.29) is 30.0 Å². The number of imidazole rings is 1. The van der Waals surface area contributed by atoms with E-state index in [1.807, 2.05) is 72.8 Å². The Hall–Kier alpha value is -5.11. The Kier molecular flexibility index (Phi) is 16.3. The third-order valence-corrected chi connectivity index (χ3v) is 11.7. The van der Waals surface area contributed by atoms with Crippen molar-refractivity contribution in [3.63, 3.8) is 0 Å². The minimum absolute atomic E-state index is 0.0196. The molecule has 3 aromatic carbocycles. The summed E-state index contributed by atoms with van der Waals surface area (Å²) in [7, 11) is 1.58. The lowest BCUT2D eigenvalue weighted by molar-refractivity contribution is -0.152. The predicted molar refractivity (Wildman–Crippen MR) is 230 cm³/mol. The van der Waals surface area contributed by atoms with E-state index in [1.165, 1.54) is 0 Å². The number of carbonyl (C=O) groups excluding carboxylic acids is 3. The number of methoxy groups -OCH3 is 1. The Morgan fingerprint density at radius 1 is 0.883 bits per heavy atom. The molecule has 60 heavy (non-hydrogen) atoms. The summed E-state index contributed by atoms with van der Waals surface area (Å²) in [6.45, 7) is 2.97. The molecule has 5 aromatic rings. The zero-order valence-corrected chi connectivity index (χ0v) is 35.8. The molecular formula is C45H53Cl2N7O6. The molecule has 1 saturated carbocycles. The first-order chi connectivity index (χ1) is 29.2. The van der Waals surface area contributed by atoms with Gasteiger partial charge >= 0.3 is 11.9 Å². The number of ether oxygens (including phenoxy) is 3. The lowest BCUT2D eigenvalue weighted by Gasteiger charge is -2.31. The number of hydrogen-bond acceptors (Lipinski definition) is 10. The van der Waals surface area contributed by atoms with E-state index in [0.29, 0.717) is 68.5 Å². The third kappa shape index (κ3) is 11.6. The highest BCUT2D eigenvalue weighted by molar-refractivity contribution is 6.32. The molecule has 2 aromatic heterocycles. The number of esters is 2. The van der Waals surface area contributed by atoms with Gasteiger partial charge in [0.2, 0.25) is 11.7 Å². The average molecular weight is 859 g/mol. The number of aromatic nitrogens is 6. The molecule has 1 fully saturated rings. The quantitative estimate of drug-likeness (QED) is 0.0510. The molecule has 1 unspecified atom stereocenters. The van der Waals surface area contributed by atoms with Gasteiger partial charge < -0.3 is 24.1 Å². The zero-order chi connectivity index (χ0) is 42.3. The van der Waals surface area contributed by atoms with Gasteiger partial charge in [0, 0.05) is 49.2 Å². The number of tetrazole rings is 1. The summed E-state index contributed by atoms with van der Waals surface area (Å²) in [4.78, 5) is 45.4. The van der Waals surface area contributed by atoms with Crippen molar-refractivity contribution < 1.29 is 28.6 Å². The number of nitrogens with zero attached hydrogens (tertiary/aromatic N) is 5. The molecule has 1 amide bonds. The fourth-order valence-electron chi connectivity index (χ4n) is 7.94. The lowest BCUT2D eigenvalue weighted by atomic mass is 9.76. The van der Waals surface area contributed by atoms with Crippen LogP contribution in [0.4, 0.5) is 0 Å². The van der Waals surface area contributed by atoms with Crippen molar-refractivity contribution in [3.8, 4) is 22.5 Å². The number of nitrogens with one attached hydrogen (secondary N) is 2. The van der Waals surface area contributed by atoms with Gasteiger partial charge in [-0.25, -0.2) is 9.78 Å². The molecule has 0 spiro atoms. The third-order valence-electron chi connectivity index (χ3n) is 11.2. The van der Waals surface area contributed by atoms with Gasteiger partial charge in [-0.3, -0.25) is 9.59 Å². The van der Waals surface area contributed by atoms with Gasteiger partial charge in [0.05, 0.1) is 5.92 Å². The first-order valence-corrected chi connectivity index (χ1v) is 21.5. The van der Waals surface area contributed by atoms with Crippen LogP contribution in [0.25, 0.3) is 22.5 Å². The predicted octanol–water partition coefficient (Wildman–Crippen LogP) is 8.48. The van der Waals surface area contributed by atoms with Crippen LogP contribution in [0.15, 0.2) is 72.8 Å². The molecule has 6 rings (SSSR count). The molecule has 0 saturated heterocycles. The summed E-state index contributed by atoms with van der Waals surface area (Å²) < 4.78 is 18.5. The highest BCUT2D eigenvalue weighted by Crippen LogP contribution is 2.44. The standard InChI is InChI=1S/C45H53Cl2N7O6/c1-3-4-13-38-49-40(47)39(54(38)30-32-14-18-33(19-15-32)36-11-5-6-12-37(36)41-50-52-53-51-41)43(56)60-28-27-59-42(55)34(22-26-58-2)29-45(23-7-8-24-45)44(57)48-25-9-10-31-16-20-35(46)21-17-31/h5-6,11-12,14-21,34H,3-4,7-10,13,22-30H2,1-2H3,(H,48,57)(H,50,51,52,53). The van der Waals surface area contributed by atoms with Crippen LogP contribution in [0, 0.1) is 11.3 Å². The van der Waals surface area contributed by atoms with Crippen LogP contribution < -0.4 is 5.32 Å². The van der Waals surface area contributed by atoms with Crippen molar-refractivity contribution in [2.75, 3.05) is 33.5 Å². The van der Waals surface area contributed by atoms with Crippen LogP contribution in [0.3, 0.4) is 0 Å². The largest absolute Gasteiger partial charge is 0.462 e. The van der Waals surface area contributed by atoms with Crippen molar-refractivity contribution in [1.82, 2.24) is 35.5 Å². The number of amides is 1. The summed E-state index contributed by atoms with van der Waals surface area (Å²) in [6, 6.07) is 23.6. The second-order valence-corrected chi connectivity index (χ2v) is 16.1. The van der Waals surface area contributed by atoms with Crippen molar-refractivity contribution in [2.45, 2.75) is 84.1 Å². The van der Waals surface area contributed by atoms with Crippen LogP contribution in [0.2, 0.25) is 10.2 Å². The number of rotatable bonds is 22. The fourth-order valence-corrected chi connectivity index (χ4v) is 8.34. The Morgan fingerprint density at radius 2 is 1.60 bits per heavy atom. The van der Waals surface area contributed by atoms with E-state index in [0.717, 1.165) is 66.3 Å². The monoisotopic (exact) mass is 857 g/mol. The Bertz CT molecular complexity index is 2150. The van der Waals surface area contributed by atoms with Gasteiger partial charge in [0.1, 0.15) is 19.0 Å². The maximum Gasteiger partial charge on any atom is 0.358 e. The number of carbonyl (C=O) groups is 3. The molecule has 0 radical (unpaired) electrons. The number of unbranched alkanes of at least 4 members (excludes halogenated alkanes) is 1. The van der Waals surface area contributed by atoms with E-state index in [2.05, 4.69) is 37.8 Å². The number of aromatic amines is 1. The number of H-pyrrole nitrogens is 1. The summed E-state index contributed by atoms with van der Waals surface area (Å²) in [6.07, 6.45) is 8.05. The molecule has 1 atom stereocenters. The second kappa shape index (κ2) is 21.9. The smallest absolute Gasteiger partial charge is 0.358 e. The Morgan fingerprint density at radius 3 is 2.30 bits per heavy atom. The summed E-state index contributed by atoms with van der Waals surface area (Å²) >= 11 is 12.6. The Balaban J connectivity index is 1.06. The van der Waals surface area contributed by atoms with Crippen molar-refractivity contribution >= 4 is 41.0 Å². The van der Waals surface area contributed by atoms with Crippen LogP contribution in [0.5, 0.6) is 0 Å². The first kappa shape index (κ1) is 44.4. The van der Waals surface area contributed by atoms with Gasteiger partial charge in [-0.05, 0) is 84.5 Å². The normalized spacial score (nSPS) is 13.9. The number of halogens is 2. The summed E-state index contributed by atoms with van der Waals surface area (Å²) in [5.74, 6) is -0.506. The van der Waals surface area contributed by atoms with Crippen LogP contribution >= 0.6 is 23.2 Å². The molecule has 1 aliphatic carbocycles. The van der Waals surface area contributed by atoms with Gasteiger partial charge in [-0.15, -0.1) is 10.2 Å². The van der Waals surface area contributed by atoms with Gasteiger partial charge in [0.15, 0.2) is 10.8 Å². The average Bonchev–Trinajstić information content (AvgIpc) is 4.04. The van der Waals surface area contributed by atoms with E-state index >= 15 is 0 Å². The van der Waals surface area contributed by atoms with Crippen molar-refractivity contribution in [2.24, 2.45) is 11.3 Å². The second-order valence-electron chi connectivity index (χ2n) is 15.3. The molecule has 318 valence electrons. The van der Waals surface area contributed by atoms with Crippen LogP contribution in [-0.4, -0.2) is 81.5 Å². The lowest BCUT2D eigenvalue weighted by Crippen LogP contribution is -2.42. The minimum Gasteiger partial charge on any atom is -0.462 e. The molecule has 0 aliphatic heterocycles. The molecular weight excluding hydrogens is 805 g/mol. The molecule has 13 nitrogen and oxygen atoms in total. The van der Waals surface area contributed by atoms with E-state index in [4.69, 9.17) is 37.4 Å². The number of hydrogen-bond donors (Lipinski definition) is 2. The topological polar surface area (TPSA) is 163 Å².